The van der Waals surface area contributed by atoms with Gasteiger partial charge in [-0.05, 0) is 44.2 Å². The van der Waals surface area contributed by atoms with Crippen molar-refractivity contribution in [1.29, 1.82) is 0 Å². The predicted octanol–water partition coefficient (Wildman–Crippen LogP) is 5.79. The van der Waals surface area contributed by atoms with Gasteiger partial charge in [-0.15, -0.1) is 0 Å². The predicted molar refractivity (Wildman–Crippen MR) is 87.5 cm³/mol. The average molecular weight is 382 g/mol. The van der Waals surface area contributed by atoms with Gasteiger partial charge in [0.15, 0.2) is 0 Å². The van der Waals surface area contributed by atoms with Crippen molar-refractivity contribution in [2.24, 2.45) is 0 Å². The lowest BCUT2D eigenvalue weighted by Gasteiger charge is -2.16. The van der Waals surface area contributed by atoms with Crippen LogP contribution in [-0.4, -0.2) is 19.3 Å². The third kappa shape index (κ3) is 4.27. The van der Waals surface area contributed by atoms with Crippen LogP contribution in [0.2, 0.25) is 10.0 Å². The molecule has 0 N–H and O–H groups in total. The number of alkyl halides is 1. The molecule has 1 aromatic carbocycles. The van der Waals surface area contributed by atoms with Gasteiger partial charge >= 0.3 is 0 Å². The van der Waals surface area contributed by atoms with E-state index in [9.17, 15) is 0 Å². The first-order valence-electron chi connectivity index (χ1n) is 6.99. The summed E-state index contributed by atoms with van der Waals surface area (Å²) in [6.07, 6.45) is 4.75. The van der Waals surface area contributed by atoms with Crippen LogP contribution in [0.25, 0.3) is 0 Å². The molecule has 0 bridgehead atoms. The number of ether oxygens (including phenoxy) is 2. The van der Waals surface area contributed by atoms with Crippen molar-refractivity contribution in [3.63, 3.8) is 0 Å². The molecule has 0 radical (unpaired) electrons. The summed E-state index contributed by atoms with van der Waals surface area (Å²) < 4.78 is 11.1. The number of halogens is 3. The quantitative estimate of drug-likeness (QED) is 0.580. The molecule has 1 saturated heterocycles. The second-order valence-corrected chi connectivity index (χ2v) is 6.84. The summed E-state index contributed by atoms with van der Waals surface area (Å²) in [4.78, 5) is 0.187. The van der Waals surface area contributed by atoms with E-state index < -0.39 is 0 Å². The highest BCUT2D eigenvalue weighted by atomic mass is 79.9. The highest BCUT2D eigenvalue weighted by Gasteiger charge is 2.20. The Morgan fingerprint density at radius 2 is 2.20 bits per heavy atom. The molecule has 0 aromatic heterocycles. The molecule has 2 rings (SSSR count). The second kappa shape index (κ2) is 7.88. The number of hydrogen-bond donors (Lipinski definition) is 0. The van der Waals surface area contributed by atoms with Gasteiger partial charge in [-0.1, -0.05) is 39.1 Å². The number of benzene rings is 1. The van der Waals surface area contributed by atoms with Crippen LogP contribution in [0, 0.1) is 0 Å². The SMILES string of the molecule is CCOc1cc(Cl)c(C(Br)CCC2CCCO2)cc1Cl. The topological polar surface area (TPSA) is 18.5 Å². The molecule has 2 unspecified atom stereocenters. The van der Waals surface area contributed by atoms with Crippen LogP contribution in [0.4, 0.5) is 0 Å². The van der Waals surface area contributed by atoms with Gasteiger partial charge in [-0.25, -0.2) is 0 Å². The van der Waals surface area contributed by atoms with Gasteiger partial charge in [0.25, 0.3) is 0 Å². The molecule has 1 heterocycles. The van der Waals surface area contributed by atoms with Gasteiger partial charge in [0.05, 0.1) is 17.7 Å². The van der Waals surface area contributed by atoms with Crippen molar-refractivity contribution in [1.82, 2.24) is 0 Å². The molecule has 0 aliphatic carbocycles. The van der Waals surface area contributed by atoms with Gasteiger partial charge in [0.2, 0.25) is 0 Å². The first-order valence-corrected chi connectivity index (χ1v) is 8.66. The Bertz CT molecular complexity index is 448. The van der Waals surface area contributed by atoms with Crippen LogP contribution in [0.3, 0.4) is 0 Å². The van der Waals surface area contributed by atoms with E-state index in [1.165, 1.54) is 6.42 Å². The first kappa shape index (κ1) is 16.4. The van der Waals surface area contributed by atoms with Crippen molar-refractivity contribution < 1.29 is 9.47 Å². The molecule has 1 aliphatic rings. The maximum absolute atomic E-state index is 6.33. The second-order valence-electron chi connectivity index (χ2n) is 4.92. The van der Waals surface area contributed by atoms with Crippen molar-refractivity contribution in [2.75, 3.05) is 13.2 Å². The van der Waals surface area contributed by atoms with Crippen molar-refractivity contribution in [3.8, 4) is 5.75 Å². The maximum atomic E-state index is 6.33. The van der Waals surface area contributed by atoms with E-state index in [1.54, 1.807) is 6.07 Å². The van der Waals surface area contributed by atoms with E-state index in [1.807, 2.05) is 13.0 Å². The van der Waals surface area contributed by atoms with Crippen molar-refractivity contribution >= 4 is 39.1 Å². The summed E-state index contributed by atoms with van der Waals surface area (Å²) in [5.41, 5.74) is 1.01. The van der Waals surface area contributed by atoms with Gasteiger partial charge in [-0.2, -0.15) is 0 Å². The van der Waals surface area contributed by atoms with E-state index in [2.05, 4.69) is 15.9 Å². The molecule has 20 heavy (non-hydrogen) atoms. The third-order valence-electron chi connectivity index (χ3n) is 3.45. The summed E-state index contributed by atoms with van der Waals surface area (Å²) in [6, 6.07) is 3.69. The molecule has 0 amide bonds. The molecule has 0 saturated carbocycles. The van der Waals surface area contributed by atoms with E-state index in [0.29, 0.717) is 28.5 Å². The highest BCUT2D eigenvalue weighted by molar-refractivity contribution is 9.09. The molecular weight excluding hydrogens is 363 g/mol. The fourth-order valence-electron chi connectivity index (χ4n) is 2.41. The molecule has 1 aromatic rings. The molecule has 5 heteroatoms. The van der Waals surface area contributed by atoms with E-state index in [0.717, 1.165) is 31.4 Å². The fraction of sp³-hybridized carbons (Fsp3) is 0.600. The van der Waals surface area contributed by atoms with Crippen molar-refractivity contribution in [2.45, 2.75) is 43.5 Å². The lowest BCUT2D eigenvalue weighted by molar-refractivity contribution is 0.102. The lowest BCUT2D eigenvalue weighted by Crippen LogP contribution is -2.06. The van der Waals surface area contributed by atoms with E-state index in [-0.39, 0.29) is 4.83 Å². The standard InChI is InChI=1S/C15H19BrCl2O2/c1-2-19-15-9-13(17)11(8-14(15)18)12(16)6-5-10-4-3-7-20-10/h8-10,12H,2-7H2,1H3. The van der Waals surface area contributed by atoms with Crippen LogP contribution >= 0.6 is 39.1 Å². The molecule has 0 spiro atoms. The Labute approximate surface area is 138 Å². The highest BCUT2D eigenvalue weighted by Crippen LogP contribution is 2.39. The maximum Gasteiger partial charge on any atom is 0.139 e. The van der Waals surface area contributed by atoms with Crippen LogP contribution in [-0.2, 0) is 4.74 Å². The Balaban J connectivity index is 2.01. The lowest BCUT2D eigenvalue weighted by atomic mass is 10.0. The zero-order valence-corrected chi connectivity index (χ0v) is 14.6. The zero-order valence-electron chi connectivity index (χ0n) is 11.5. The smallest absolute Gasteiger partial charge is 0.139 e. The summed E-state index contributed by atoms with van der Waals surface area (Å²) in [5, 5.41) is 1.29. The van der Waals surface area contributed by atoms with Crippen LogP contribution < -0.4 is 4.74 Å². The molecule has 2 nitrogen and oxygen atoms in total. The Morgan fingerprint density at radius 3 is 2.85 bits per heavy atom. The zero-order chi connectivity index (χ0) is 14.5. The first-order chi connectivity index (χ1) is 9.61. The van der Waals surface area contributed by atoms with Crippen LogP contribution in [0.1, 0.15) is 43.0 Å². The van der Waals surface area contributed by atoms with Gasteiger partial charge < -0.3 is 9.47 Å². The van der Waals surface area contributed by atoms with Gasteiger partial charge in [-0.3, -0.25) is 0 Å². The number of rotatable bonds is 6. The van der Waals surface area contributed by atoms with Crippen LogP contribution in [0.15, 0.2) is 12.1 Å². The summed E-state index contributed by atoms with van der Waals surface area (Å²) in [7, 11) is 0. The van der Waals surface area contributed by atoms with E-state index >= 15 is 0 Å². The normalized spacial score (nSPS) is 20.1. The molecule has 2 atom stereocenters. The van der Waals surface area contributed by atoms with E-state index in [4.69, 9.17) is 32.7 Å². The third-order valence-corrected chi connectivity index (χ3v) is 5.03. The van der Waals surface area contributed by atoms with Crippen LogP contribution in [0.5, 0.6) is 5.75 Å². The monoisotopic (exact) mass is 380 g/mol. The molecule has 112 valence electrons. The Morgan fingerprint density at radius 1 is 1.40 bits per heavy atom. The van der Waals surface area contributed by atoms with Gasteiger partial charge in [0, 0.05) is 22.5 Å². The van der Waals surface area contributed by atoms with Crippen molar-refractivity contribution in [3.05, 3.63) is 27.7 Å². The minimum absolute atomic E-state index is 0.187. The summed E-state index contributed by atoms with van der Waals surface area (Å²) in [5.74, 6) is 0.641. The fourth-order valence-corrected chi connectivity index (χ4v) is 3.70. The minimum atomic E-state index is 0.187. The minimum Gasteiger partial charge on any atom is -0.492 e. The summed E-state index contributed by atoms with van der Waals surface area (Å²) >= 11 is 16.3. The largest absolute Gasteiger partial charge is 0.492 e. The molecule has 1 aliphatic heterocycles. The summed E-state index contributed by atoms with van der Waals surface area (Å²) in [6.45, 7) is 3.40. The van der Waals surface area contributed by atoms with Gasteiger partial charge in [0.1, 0.15) is 5.75 Å². The Kier molecular flexibility index (Phi) is 6.47. The Hall–Kier alpha value is 0.0400. The molecule has 1 fully saturated rings. The molecular formula is C15H19BrCl2O2. The average Bonchev–Trinajstić information content (AvgIpc) is 2.93. The number of hydrogen-bond acceptors (Lipinski definition) is 2.